The molecule has 276 valence electrons. The monoisotopic (exact) mass is 726 g/mol. The van der Waals surface area contributed by atoms with Gasteiger partial charge in [-0.15, -0.1) is 0 Å². The number of amides is 3. The first-order chi connectivity index (χ1) is 26.0. The summed E-state index contributed by atoms with van der Waals surface area (Å²) in [6.07, 6.45) is 0.254. The minimum atomic E-state index is -1.16. The molecular weight excluding hydrogens is 685 g/mol. The number of imidazole rings is 1. The molecule has 1 fully saturated rings. The van der Waals surface area contributed by atoms with Gasteiger partial charge in [-0.1, -0.05) is 60.7 Å². The number of carbonyl (C=O) groups excluding carboxylic acids is 3. The van der Waals surface area contributed by atoms with Gasteiger partial charge in [0, 0.05) is 31.7 Å². The third-order valence-corrected chi connectivity index (χ3v) is 9.81. The molecule has 3 aromatic carbocycles. The summed E-state index contributed by atoms with van der Waals surface area (Å²) in [6.45, 7) is 9.73. The summed E-state index contributed by atoms with van der Waals surface area (Å²) in [5.41, 5.74) is 6.25. The fraction of sp³-hybridized carbons (Fsp3) is 0.341. The summed E-state index contributed by atoms with van der Waals surface area (Å²) in [5.74, 6) is -1.18. The number of nitriles is 1. The lowest BCUT2D eigenvalue weighted by molar-refractivity contribution is -0.122. The van der Waals surface area contributed by atoms with Crippen LogP contribution < -0.4 is 5.32 Å². The number of anilines is 1. The SMILES string of the molecule is CCn1c(C(C#N)c2nc(NC(=O)C3CN(C(=O)OC(C)(C)C)CCN3C(=O)OCC3c4ccccc4-c4ccccc43)ncc2C)nc2ccccc21. The number of piperazine rings is 1. The molecule has 13 heteroatoms. The second-order valence-corrected chi connectivity index (χ2v) is 14.5. The number of nitrogens with one attached hydrogen (secondary N) is 1. The van der Waals surface area contributed by atoms with Crippen LogP contribution in [0.4, 0.5) is 15.5 Å². The highest BCUT2D eigenvalue weighted by Crippen LogP contribution is 2.44. The Hall–Kier alpha value is -6.29. The minimum Gasteiger partial charge on any atom is -0.448 e. The van der Waals surface area contributed by atoms with Crippen molar-refractivity contribution in [3.8, 4) is 17.2 Å². The van der Waals surface area contributed by atoms with Gasteiger partial charge in [-0.3, -0.25) is 15.0 Å². The number of fused-ring (bicyclic) bond motifs is 4. The van der Waals surface area contributed by atoms with Crippen LogP contribution in [-0.2, 0) is 20.8 Å². The van der Waals surface area contributed by atoms with Crippen LogP contribution in [0.25, 0.3) is 22.2 Å². The Bertz CT molecular complexity index is 2240. The lowest BCUT2D eigenvalue weighted by atomic mass is 9.98. The van der Waals surface area contributed by atoms with E-state index in [2.05, 4.69) is 33.5 Å². The maximum absolute atomic E-state index is 14.1. The van der Waals surface area contributed by atoms with Crippen molar-refractivity contribution >= 4 is 35.1 Å². The van der Waals surface area contributed by atoms with Crippen molar-refractivity contribution in [2.75, 3.05) is 31.6 Å². The fourth-order valence-corrected chi connectivity index (χ4v) is 7.28. The average Bonchev–Trinajstić information content (AvgIpc) is 3.69. The van der Waals surface area contributed by atoms with Crippen molar-refractivity contribution in [3.63, 3.8) is 0 Å². The molecule has 5 aromatic rings. The normalized spacial score (nSPS) is 16.0. The van der Waals surface area contributed by atoms with E-state index in [1.807, 2.05) is 72.2 Å². The number of aryl methyl sites for hydroxylation is 2. The van der Waals surface area contributed by atoms with Gasteiger partial charge in [0.1, 0.15) is 30.0 Å². The molecule has 1 aliphatic heterocycles. The highest BCUT2D eigenvalue weighted by atomic mass is 16.6. The molecule has 0 spiro atoms. The summed E-state index contributed by atoms with van der Waals surface area (Å²) in [7, 11) is 0. The number of rotatable bonds is 7. The van der Waals surface area contributed by atoms with Crippen molar-refractivity contribution in [3.05, 3.63) is 107 Å². The van der Waals surface area contributed by atoms with Crippen LogP contribution in [-0.4, -0.2) is 85.3 Å². The minimum absolute atomic E-state index is 0.0255. The van der Waals surface area contributed by atoms with E-state index in [0.29, 0.717) is 23.6 Å². The zero-order chi connectivity index (χ0) is 38.1. The second-order valence-electron chi connectivity index (χ2n) is 14.5. The molecule has 2 aliphatic rings. The molecule has 3 amide bonds. The number of carbonyl (C=O) groups is 3. The summed E-state index contributed by atoms with van der Waals surface area (Å²) >= 11 is 0. The third-order valence-electron chi connectivity index (χ3n) is 9.81. The fourth-order valence-electron chi connectivity index (χ4n) is 7.28. The lowest BCUT2D eigenvalue weighted by Crippen LogP contribution is -2.61. The molecule has 1 N–H and O–H groups in total. The van der Waals surface area contributed by atoms with Crippen molar-refractivity contribution in [2.24, 2.45) is 0 Å². The largest absolute Gasteiger partial charge is 0.448 e. The molecule has 2 atom stereocenters. The van der Waals surface area contributed by atoms with Crippen LogP contribution in [0.3, 0.4) is 0 Å². The lowest BCUT2D eigenvalue weighted by Gasteiger charge is -2.40. The summed E-state index contributed by atoms with van der Waals surface area (Å²) in [5, 5.41) is 13.2. The number of hydrogen-bond donors (Lipinski definition) is 1. The third kappa shape index (κ3) is 6.94. The summed E-state index contributed by atoms with van der Waals surface area (Å²) in [6, 6.07) is 24.9. The Kier molecular flexibility index (Phi) is 9.77. The molecule has 2 aromatic heterocycles. The molecule has 13 nitrogen and oxygen atoms in total. The zero-order valence-electron chi connectivity index (χ0n) is 30.9. The van der Waals surface area contributed by atoms with E-state index >= 15 is 0 Å². The van der Waals surface area contributed by atoms with Crippen LogP contribution in [0.5, 0.6) is 0 Å². The predicted molar refractivity (Wildman–Crippen MR) is 202 cm³/mol. The number of ether oxygens (including phenoxy) is 2. The van der Waals surface area contributed by atoms with Gasteiger partial charge in [0.2, 0.25) is 5.95 Å². The van der Waals surface area contributed by atoms with Gasteiger partial charge in [0.05, 0.1) is 29.3 Å². The number of aromatic nitrogens is 4. The van der Waals surface area contributed by atoms with Gasteiger partial charge in [-0.25, -0.2) is 24.5 Å². The first-order valence-electron chi connectivity index (χ1n) is 18.1. The van der Waals surface area contributed by atoms with E-state index < -0.39 is 35.7 Å². The molecule has 0 radical (unpaired) electrons. The van der Waals surface area contributed by atoms with E-state index in [9.17, 15) is 19.6 Å². The van der Waals surface area contributed by atoms with E-state index in [1.54, 1.807) is 33.9 Å². The van der Waals surface area contributed by atoms with Crippen LogP contribution in [0.15, 0.2) is 79.0 Å². The van der Waals surface area contributed by atoms with Crippen LogP contribution in [0.1, 0.15) is 67.7 Å². The highest BCUT2D eigenvalue weighted by molar-refractivity contribution is 5.96. The molecule has 7 rings (SSSR count). The standard InChI is InChI=1S/C41H42N8O5/c1-6-48-33-18-12-11-17-32(33)44-36(48)30(21-42)35-25(2)22-43-38(45-35)46-37(50)34-23-47(39(51)54-41(3,4)5)19-20-49(34)40(52)53-24-31-28-15-9-7-13-26(28)27-14-8-10-16-29(27)31/h7-18,22,30-31,34H,6,19-20,23-24H2,1-5H3,(H,43,45,46,50). The zero-order valence-corrected chi connectivity index (χ0v) is 30.9. The van der Waals surface area contributed by atoms with Crippen molar-refractivity contribution in [2.45, 2.75) is 64.6 Å². The molecule has 0 saturated carbocycles. The molecule has 3 heterocycles. The topological polar surface area (TPSA) is 156 Å². The highest BCUT2D eigenvalue weighted by Gasteiger charge is 2.40. The van der Waals surface area contributed by atoms with Crippen LogP contribution >= 0.6 is 0 Å². The number of benzene rings is 3. The molecule has 1 aliphatic carbocycles. The van der Waals surface area contributed by atoms with Gasteiger partial charge in [-0.05, 0) is 74.6 Å². The predicted octanol–water partition coefficient (Wildman–Crippen LogP) is 6.62. The molecule has 54 heavy (non-hydrogen) atoms. The van der Waals surface area contributed by atoms with Gasteiger partial charge in [-0.2, -0.15) is 5.26 Å². The molecule has 0 bridgehead atoms. The number of nitrogens with zero attached hydrogens (tertiary/aromatic N) is 7. The maximum Gasteiger partial charge on any atom is 0.410 e. The van der Waals surface area contributed by atoms with Crippen LogP contribution in [0, 0.1) is 18.3 Å². The van der Waals surface area contributed by atoms with Gasteiger partial charge in [0.25, 0.3) is 5.91 Å². The number of para-hydroxylation sites is 2. The molecular formula is C41H42N8O5. The van der Waals surface area contributed by atoms with Crippen molar-refractivity contribution in [1.29, 1.82) is 5.26 Å². The first-order valence-corrected chi connectivity index (χ1v) is 18.1. The second kappa shape index (κ2) is 14.6. The van der Waals surface area contributed by atoms with Gasteiger partial charge >= 0.3 is 12.2 Å². The Balaban J connectivity index is 1.14. The number of hydrogen-bond acceptors (Lipinski definition) is 9. The van der Waals surface area contributed by atoms with E-state index in [1.165, 1.54) is 9.80 Å². The maximum atomic E-state index is 14.1. The van der Waals surface area contributed by atoms with Crippen molar-refractivity contribution in [1.82, 2.24) is 29.3 Å². The summed E-state index contributed by atoms with van der Waals surface area (Å²) in [4.78, 5) is 57.7. The Morgan fingerprint density at radius 3 is 2.28 bits per heavy atom. The first kappa shape index (κ1) is 36.1. The van der Waals surface area contributed by atoms with Gasteiger partial charge in [0.15, 0.2) is 0 Å². The summed E-state index contributed by atoms with van der Waals surface area (Å²) < 4.78 is 13.5. The average molecular weight is 727 g/mol. The van der Waals surface area contributed by atoms with Gasteiger partial charge < -0.3 is 18.9 Å². The Morgan fingerprint density at radius 1 is 0.944 bits per heavy atom. The molecule has 1 saturated heterocycles. The van der Waals surface area contributed by atoms with Crippen molar-refractivity contribution < 1.29 is 23.9 Å². The Morgan fingerprint density at radius 2 is 1.61 bits per heavy atom. The quantitative estimate of drug-likeness (QED) is 0.195. The smallest absolute Gasteiger partial charge is 0.410 e. The Labute approximate surface area is 313 Å². The van der Waals surface area contributed by atoms with E-state index in [-0.39, 0.29) is 38.1 Å². The van der Waals surface area contributed by atoms with Crippen LogP contribution in [0.2, 0.25) is 0 Å². The van der Waals surface area contributed by atoms with E-state index in [0.717, 1.165) is 33.3 Å². The molecule has 2 unspecified atom stereocenters. The van der Waals surface area contributed by atoms with E-state index in [4.69, 9.17) is 14.5 Å².